The van der Waals surface area contributed by atoms with Crippen molar-refractivity contribution in [2.75, 3.05) is 24.3 Å². The van der Waals surface area contributed by atoms with E-state index in [1.54, 1.807) is 0 Å². The number of hydrogen-bond acceptors (Lipinski definition) is 4. The highest BCUT2D eigenvalue weighted by molar-refractivity contribution is 8.16. The number of benzene rings is 3. The maximum Gasteiger partial charge on any atom is 0.260 e. The van der Waals surface area contributed by atoms with Gasteiger partial charge in [-0.1, -0.05) is 60.3 Å². The molecule has 1 N–H and O–H groups in total. The van der Waals surface area contributed by atoms with Crippen LogP contribution in [0.2, 0.25) is 0 Å². The Morgan fingerprint density at radius 1 is 1.03 bits per heavy atom. The second-order valence-electron chi connectivity index (χ2n) is 7.08. The molecule has 0 aliphatic carbocycles. The van der Waals surface area contributed by atoms with Crippen molar-refractivity contribution in [1.82, 2.24) is 0 Å². The summed E-state index contributed by atoms with van der Waals surface area (Å²) in [7, 11) is 3.95. The monoisotopic (exact) mass is 403 g/mol. The van der Waals surface area contributed by atoms with Crippen LogP contribution in [0.25, 0.3) is 10.8 Å². The maximum atomic E-state index is 12.6. The van der Waals surface area contributed by atoms with Gasteiger partial charge in [0.1, 0.15) is 10.3 Å². The van der Waals surface area contributed by atoms with Crippen LogP contribution in [-0.2, 0) is 9.59 Å². The number of fused-ring (bicyclic) bond motifs is 1. The van der Waals surface area contributed by atoms with E-state index in [-0.39, 0.29) is 18.2 Å². The molecule has 146 valence electrons. The summed E-state index contributed by atoms with van der Waals surface area (Å²) in [5.74, 6) is -0.443. The van der Waals surface area contributed by atoms with Gasteiger partial charge in [-0.3, -0.25) is 9.59 Å². The van der Waals surface area contributed by atoms with Crippen LogP contribution in [0.15, 0.2) is 71.7 Å². The van der Waals surface area contributed by atoms with Gasteiger partial charge in [0.25, 0.3) is 5.91 Å². The van der Waals surface area contributed by atoms with E-state index in [0.717, 1.165) is 27.7 Å². The SMILES string of the molecule is CN(C)c1ccc(C2=NC(=O)[C@@H](CC(=O)Nc3cccc4ccccc34)S2)cc1. The Morgan fingerprint density at radius 3 is 2.52 bits per heavy atom. The Labute approximate surface area is 173 Å². The van der Waals surface area contributed by atoms with Gasteiger partial charge in [-0.15, -0.1) is 0 Å². The summed E-state index contributed by atoms with van der Waals surface area (Å²) in [4.78, 5) is 31.1. The largest absolute Gasteiger partial charge is 0.378 e. The Bertz CT molecular complexity index is 1100. The zero-order chi connectivity index (χ0) is 20.4. The van der Waals surface area contributed by atoms with Crippen LogP contribution < -0.4 is 10.2 Å². The molecule has 0 spiro atoms. The van der Waals surface area contributed by atoms with Crippen molar-refractivity contribution in [3.63, 3.8) is 0 Å². The van der Waals surface area contributed by atoms with E-state index >= 15 is 0 Å². The summed E-state index contributed by atoms with van der Waals surface area (Å²) in [5.41, 5.74) is 2.73. The molecule has 0 radical (unpaired) electrons. The standard InChI is InChI=1S/C23H21N3O2S/c1-26(2)17-12-10-16(11-13-17)23-25-22(28)20(29-23)14-21(27)24-19-9-5-7-15-6-3-4-8-18(15)19/h3-13,20H,14H2,1-2H3,(H,24,27)/t20-/m1/s1. The quantitative estimate of drug-likeness (QED) is 0.689. The summed E-state index contributed by atoms with van der Waals surface area (Å²) in [5, 5.41) is 5.16. The van der Waals surface area contributed by atoms with Gasteiger partial charge in [0.15, 0.2) is 0 Å². The highest BCUT2D eigenvalue weighted by Crippen LogP contribution is 2.30. The van der Waals surface area contributed by atoms with Crippen molar-refractivity contribution < 1.29 is 9.59 Å². The van der Waals surface area contributed by atoms with Gasteiger partial charge >= 0.3 is 0 Å². The van der Waals surface area contributed by atoms with Gasteiger partial charge in [0, 0.05) is 42.8 Å². The number of thioether (sulfide) groups is 1. The number of hydrogen-bond donors (Lipinski definition) is 1. The summed E-state index contributed by atoms with van der Waals surface area (Å²) in [6.45, 7) is 0. The minimum absolute atomic E-state index is 0.0928. The fourth-order valence-electron chi connectivity index (χ4n) is 3.25. The fourth-order valence-corrected chi connectivity index (χ4v) is 4.32. The van der Waals surface area contributed by atoms with Gasteiger partial charge in [-0.2, -0.15) is 0 Å². The summed E-state index contributed by atoms with van der Waals surface area (Å²) in [6, 6.07) is 21.5. The van der Waals surface area contributed by atoms with Gasteiger partial charge in [0.05, 0.1) is 0 Å². The summed E-state index contributed by atoms with van der Waals surface area (Å²) in [6.07, 6.45) is 0.0928. The molecular formula is C23H21N3O2S. The molecule has 6 heteroatoms. The molecule has 0 saturated carbocycles. The number of nitrogens with one attached hydrogen (secondary N) is 1. The smallest absolute Gasteiger partial charge is 0.260 e. The van der Waals surface area contributed by atoms with Gasteiger partial charge in [-0.25, -0.2) is 4.99 Å². The van der Waals surface area contributed by atoms with Gasteiger partial charge in [0.2, 0.25) is 5.91 Å². The molecule has 5 nitrogen and oxygen atoms in total. The molecule has 0 aromatic heterocycles. The van der Waals surface area contributed by atoms with Crippen LogP contribution in [0.3, 0.4) is 0 Å². The van der Waals surface area contributed by atoms with Gasteiger partial charge in [-0.05, 0) is 23.6 Å². The van der Waals surface area contributed by atoms with Gasteiger partial charge < -0.3 is 10.2 Å². The van der Waals surface area contributed by atoms with Crippen molar-refractivity contribution in [1.29, 1.82) is 0 Å². The summed E-state index contributed by atoms with van der Waals surface area (Å²) < 4.78 is 0. The Kier molecular flexibility index (Phi) is 5.36. The fraction of sp³-hybridized carbons (Fsp3) is 0.174. The number of carbonyl (C=O) groups is 2. The van der Waals surface area contributed by atoms with Crippen LogP contribution >= 0.6 is 11.8 Å². The van der Waals surface area contributed by atoms with Crippen LogP contribution in [0, 0.1) is 0 Å². The molecule has 3 aromatic rings. The molecule has 1 aliphatic rings. The molecule has 0 unspecified atom stereocenters. The van der Waals surface area contributed by atoms with Crippen molar-refractivity contribution in [2.24, 2.45) is 4.99 Å². The molecule has 1 atom stereocenters. The zero-order valence-corrected chi connectivity index (χ0v) is 17.1. The first-order valence-corrected chi connectivity index (χ1v) is 10.2. The third-order valence-electron chi connectivity index (χ3n) is 4.81. The van der Waals surface area contributed by atoms with E-state index in [1.165, 1.54) is 11.8 Å². The predicted molar refractivity (Wildman–Crippen MR) is 121 cm³/mol. The number of nitrogens with zero attached hydrogens (tertiary/aromatic N) is 2. The first-order valence-electron chi connectivity index (χ1n) is 9.36. The number of amides is 2. The molecule has 1 heterocycles. The number of carbonyl (C=O) groups excluding carboxylic acids is 2. The van der Waals surface area contributed by atoms with E-state index < -0.39 is 5.25 Å². The van der Waals surface area contributed by atoms with Crippen LogP contribution in [0.5, 0.6) is 0 Å². The normalized spacial score (nSPS) is 16.0. The van der Waals surface area contributed by atoms with E-state index in [4.69, 9.17) is 0 Å². The van der Waals surface area contributed by atoms with E-state index in [0.29, 0.717) is 5.04 Å². The first kappa shape index (κ1) is 19.2. The second kappa shape index (κ2) is 8.09. The third-order valence-corrected chi connectivity index (χ3v) is 6.01. The maximum absolute atomic E-state index is 12.6. The highest BCUT2D eigenvalue weighted by atomic mass is 32.2. The zero-order valence-electron chi connectivity index (χ0n) is 16.3. The van der Waals surface area contributed by atoms with Crippen LogP contribution in [-0.4, -0.2) is 36.2 Å². The van der Waals surface area contributed by atoms with E-state index in [1.807, 2.05) is 85.7 Å². The Morgan fingerprint density at radius 2 is 1.76 bits per heavy atom. The number of rotatable bonds is 5. The predicted octanol–water partition coefficient (Wildman–Crippen LogP) is 4.32. The topological polar surface area (TPSA) is 61.8 Å². The average Bonchev–Trinajstić information content (AvgIpc) is 3.08. The molecule has 0 bridgehead atoms. The average molecular weight is 404 g/mol. The highest BCUT2D eigenvalue weighted by Gasteiger charge is 2.31. The Balaban J connectivity index is 1.42. The number of aliphatic imine (C=N–C) groups is 1. The molecule has 1 aliphatic heterocycles. The van der Waals surface area contributed by atoms with Crippen molar-refractivity contribution in [3.8, 4) is 0 Å². The molecule has 0 saturated heterocycles. The molecule has 3 aromatic carbocycles. The molecular weight excluding hydrogens is 382 g/mol. The lowest BCUT2D eigenvalue weighted by molar-refractivity contribution is -0.121. The summed E-state index contributed by atoms with van der Waals surface area (Å²) >= 11 is 1.35. The molecule has 29 heavy (non-hydrogen) atoms. The first-order chi connectivity index (χ1) is 14.0. The lowest BCUT2D eigenvalue weighted by Crippen LogP contribution is -2.21. The van der Waals surface area contributed by atoms with Crippen molar-refractivity contribution in [3.05, 3.63) is 72.3 Å². The molecule has 0 fully saturated rings. The Hall–Kier alpha value is -3.12. The van der Waals surface area contributed by atoms with Crippen molar-refractivity contribution >= 4 is 50.8 Å². The second-order valence-corrected chi connectivity index (χ2v) is 8.27. The minimum Gasteiger partial charge on any atom is -0.378 e. The lowest BCUT2D eigenvalue weighted by atomic mass is 10.1. The lowest BCUT2D eigenvalue weighted by Gasteiger charge is -2.13. The molecule has 2 amide bonds. The number of anilines is 2. The third kappa shape index (κ3) is 4.17. The van der Waals surface area contributed by atoms with Crippen LogP contribution in [0.1, 0.15) is 12.0 Å². The van der Waals surface area contributed by atoms with E-state index in [2.05, 4.69) is 10.3 Å². The molecule has 4 rings (SSSR count). The van der Waals surface area contributed by atoms with Crippen LogP contribution in [0.4, 0.5) is 11.4 Å². The minimum atomic E-state index is -0.492. The van der Waals surface area contributed by atoms with E-state index in [9.17, 15) is 9.59 Å². The van der Waals surface area contributed by atoms with Crippen molar-refractivity contribution in [2.45, 2.75) is 11.7 Å².